The molecule has 138 valence electrons. The number of carbonyl (C=O) groups excluding carboxylic acids is 1. The standard InChI is InChI=1S/C19H25N5O2/c1-14-5-16(8-20-6-14)19(25)24-12-17-11-23(3-4-26-18(17)13-24)10-15-7-21-22(2)9-15/h5-9,17-18H,3-4,10-13H2,1-2H3/t17-,18+/m0/s1. The zero-order chi connectivity index (χ0) is 18.1. The van der Waals surface area contributed by atoms with Crippen molar-refractivity contribution in [2.45, 2.75) is 19.6 Å². The third-order valence-corrected chi connectivity index (χ3v) is 5.19. The van der Waals surface area contributed by atoms with Crippen LogP contribution in [0.5, 0.6) is 0 Å². The van der Waals surface area contributed by atoms with Gasteiger partial charge in [0.1, 0.15) is 0 Å². The smallest absolute Gasteiger partial charge is 0.255 e. The molecule has 7 heteroatoms. The lowest BCUT2D eigenvalue weighted by Gasteiger charge is -2.22. The molecule has 2 aliphatic rings. The lowest BCUT2D eigenvalue weighted by molar-refractivity contribution is 0.0483. The van der Waals surface area contributed by atoms with E-state index < -0.39 is 0 Å². The third kappa shape index (κ3) is 3.64. The molecule has 0 radical (unpaired) electrons. The molecule has 26 heavy (non-hydrogen) atoms. The summed E-state index contributed by atoms with van der Waals surface area (Å²) in [6, 6.07) is 1.90. The molecule has 0 spiro atoms. The maximum absolute atomic E-state index is 12.8. The Labute approximate surface area is 153 Å². The van der Waals surface area contributed by atoms with Crippen molar-refractivity contribution in [3.8, 4) is 0 Å². The van der Waals surface area contributed by atoms with Crippen molar-refractivity contribution in [1.82, 2.24) is 24.6 Å². The number of amides is 1. The van der Waals surface area contributed by atoms with Crippen LogP contribution in [0.4, 0.5) is 0 Å². The van der Waals surface area contributed by atoms with E-state index in [1.54, 1.807) is 12.4 Å². The molecular formula is C19H25N5O2. The first-order valence-electron chi connectivity index (χ1n) is 9.11. The molecule has 0 aromatic carbocycles. The highest BCUT2D eigenvalue weighted by Crippen LogP contribution is 2.25. The quantitative estimate of drug-likeness (QED) is 0.825. The number of fused-ring (bicyclic) bond motifs is 1. The molecule has 4 heterocycles. The van der Waals surface area contributed by atoms with Crippen LogP contribution >= 0.6 is 0 Å². The fourth-order valence-electron chi connectivity index (χ4n) is 3.94. The Morgan fingerprint density at radius 1 is 1.27 bits per heavy atom. The van der Waals surface area contributed by atoms with Crippen molar-refractivity contribution in [3.63, 3.8) is 0 Å². The Bertz CT molecular complexity index is 790. The highest BCUT2D eigenvalue weighted by molar-refractivity contribution is 5.94. The topological polar surface area (TPSA) is 63.5 Å². The van der Waals surface area contributed by atoms with Crippen molar-refractivity contribution in [1.29, 1.82) is 0 Å². The van der Waals surface area contributed by atoms with Gasteiger partial charge >= 0.3 is 0 Å². The van der Waals surface area contributed by atoms with E-state index in [1.807, 2.05) is 35.8 Å². The summed E-state index contributed by atoms with van der Waals surface area (Å²) < 4.78 is 7.90. The van der Waals surface area contributed by atoms with Crippen molar-refractivity contribution in [2.24, 2.45) is 13.0 Å². The van der Waals surface area contributed by atoms with Crippen LogP contribution in [0, 0.1) is 12.8 Å². The maximum Gasteiger partial charge on any atom is 0.255 e. The van der Waals surface area contributed by atoms with Gasteiger partial charge in [0, 0.05) is 69.8 Å². The highest BCUT2D eigenvalue weighted by atomic mass is 16.5. The molecule has 0 bridgehead atoms. The first kappa shape index (κ1) is 17.2. The van der Waals surface area contributed by atoms with Gasteiger partial charge in [-0.3, -0.25) is 19.4 Å². The van der Waals surface area contributed by atoms with E-state index in [2.05, 4.69) is 21.2 Å². The first-order chi connectivity index (χ1) is 12.6. The summed E-state index contributed by atoms with van der Waals surface area (Å²) in [7, 11) is 1.94. The summed E-state index contributed by atoms with van der Waals surface area (Å²) in [6.45, 7) is 6.79. The summed E-state index contributed by atoms with van der Waals surface area (Å²) in [5.74, 6) is 0.396. The Balaban J connectivity index is 1.42. The zero-order valence-corrected chi connectivity index (χ0v) is 15.3. The second-order valence-electron chi connectivity index (χ2n) is 7.39. The third-order valence-electron chi connectivity index (χ3n) is 5.19. The van der Waals surface area contributed by atoms with E-state index in [0.29, 0.717) is 24.6 Å². The monoisotopic (exact) mass is 355 g/mol. The first-order valence-corrected chi connectivity index (χ1v) is 9.11. The van der Waals surface area contributed by atoms with E-state index in [1.165, 1.54) is 5.56 Å². The van der Waals surface area contributed by atoms with Gasteiger partial charge in [-0.25, -0.2) is 0 Å². The van der Waals surface area contributed by atoms with Gasteiger partial charge in [-0.15, -0.1) is 0 Å². The molecule has 0 unspecified atom stereocenters. The van der Waals surface area contributed by atoms with Gasteiger partial charge in [-0.05, 0) is 18.6 Å². The molecule has 0 aliphatic carbocycles. The Kier molecular flexibility index (Phi) is 4.74. The number of likely N-dealkylation sites (tertiary alicyclic amines) is 1. The van der Waals surface area contributed by atoms with Crippen LogP contribution in [0.1, 0.15) is 21.5 Å². The van der Waals surface area contributed by atoms with E-state index >= 15 is 0 Å². The van der Waals surface area contributed by atoms with Gasteiger partial charge in [0.2, 0.25) is 0 Å². The van der Waals surface area contributed by atoms with Gasteiger partial charge in [-0.1, -0.05) is 0 Å². The number of aryl methyl sites for hydroxylation is 2. The second-order valence-corrected chi connectivity index (χ2v) is 7.39. The minimum absolute atomic E-state index is 0.0525. The maximum atomic E-state index is 12.8. The molecule has 7 nitrogen and oxygen atoms in total. The molecule has 2 atom stereocenters. The van der Waals surface area contributed by atoms with Crippen LogP contribution in [0.3, 0.4) is 0 Å². The molecule has 2 aromatic rings. The van der Waals surface area contributed by atoms with Crippen LogP contribution in [-0.4, -0.2) is 69.4 Å². The number of hydrogen-bond donors (Lipinski definition) is 0. The molecule has 0 saturated carbocycles. The van der Waals surface area contributed by atoms with Gasteiger partial charge < -0.3 is 9.64 Å². The fraction of sp³-hybridized carbons (Fsp3) is 0.526. The average molecular weight is 355 g/mol. The summed E-state index contributed by atoms with van der Waals surface area (Å²) >= 11 is 0. The average Bonchev–Trinajstić information content (AvgIpc) is 3.16. The SMILES string of the molecule is Cc1cncc(C(=O)N2C[C@@H]3CN(Cc4cnn(C)c4)CCO[C@@H]3C2)c1. The number of carbonyl (C=O) groups is 1. The predicted octanol–water partition coefficient (Wildman–Crippen LogP) is 1.10. The summed E-state index contributed by atoms with van der Waals surface area (Å²) in [6.07, 6.45) is 7.51. The second kappa shape index (κ2) is 7.17. The molecule has 2 aromatic heterocycles. The lowest BCUT2D eigenvalue weighted by Crippen LogP contribution is -2.33. The molecule has 2 fully saturated rings. The molecule has 2 aliphatic heterocycles. The highest BCUT2D eigenvalue weighted by Gasteiger charge is 2.38. The number of rotatable bonds is 3. The molecular weight excluding hydrogens is 330 g/mol. The number of nitrogens with zero attached hydrogens (tertiary/aromatic N) is 5. The minimum Gasteiger partial charge on any atom is -0.375 e. The van der Waals surface area contributed by atoms with Crippen LogP contribution in [0.15, 0.2) is 30.9 Å². The van der Waals surface area contributed by atoms with Gasteiger partial charge in [0.25, 0.3) is 5.91 Å². The molecule has 2 saturated heterocycles. The normalized spacial score (nSPS) is 23.7. The fourth-order valence-corrected chi connectivity index (χ4v) is 3.94. The summed E-state index contributed by atoms with van der Waals surface area (Å²) in [5.41, 5.74) is 2.87. The van der Waals surface area contributed by atoms with Crippen molar-refractivity contribution in [2.75, 3.05) is 32.8 Å². The summed E-state index contributed by atoms with van der Waals surface area (Å²) in [5, 5.41) is 4.25. The van der Waals surface area contributed by atoms with E-state index in [-0.39, 0.29) is 12.0 Å². The number of pyridine rings is 1. The van der Waals surface area contributed by atoms with Crippen LogP contribution in [-0.2, 0) is 18.3 Å². The minimum atomic E-state index is 0.0525. The predicted molar refractivity (Wildman–Crippen MR) is 96.6 cm³/mol. The van der Waals surface area contributed by atoms with E-state index in [4.69, 9.17) is 4.74 Å². The summed E-state index contributed by atoms with van der Waals surface area (Å²) in [4.78, 5) is 21.3. The van der Waals surface area contributed by atoms with Gasteiger partial charge in [0.05, 0.1) is 24.5 Å². The number of aromatic nitrogens is 3. The van der Waals surface area contributed by atoms with E-state index in [0.717, 1.165) is 31.7 Å². The number of hydrogen-bond acceptors (Lipinski definition) is 5. The van der Waals surface area contributed by atoms with Crippen LogP contribution in [0.2, 0.25) is 0 Å². The van der Waals surface area contributed by atoms with Crippen molar-refractivity contribution >= 4 is 5.91 Å². The Morgan fingerprint density at radius 3 is 2.92 bits per heavy atom. The largest absolute Gasteiger partial charge is 0.375 e. The Hall–Kier alpha value is -2.25. The molecule has 4 rings (SSSR count). The van der Waals surface area contributed by atoms with Crippen molar-refractivity contribution < 1.29 is 9.53 Å². The van der Waals surface area contributed by atoms with Gasteiger partial charge in [0.15, 0.2) is 0 Å². The van der Waals surface area contributed by atoms with Crippen LogP contribution < -0.4 is 0 Å². The Morgan fingerprint density at radius 2 is 2.15 bits per heavy atom. The lowest BCUT2D eigenvalue weighted by atomic mass is 10.1. The zero-order valence-electron chi connectivity index (χ0n) is 15.3. The van der Waals surface area contributed by atoms with Crippen LogP contribution in [0.25, 0.3) is 0 Å². The number of ether oxygens (including phenoxy) is 1. The van der Waals surface area contributed by atoms with E-state index in [9.17, 15) is 4.79 Å². The van der Waals surface area contributed by atoms with Crippen molar-refractivity contribution in [3.05, 3.63) is 47.5 Å². The van der Waals surface area contributed by atoms with Gasteiger partial charge in [-0.2, -0.15) is 5.10 Å². The molecule has 0 N–H and O–H groups in total. The molecule has 1 amide bonds.